The minimum Gasteiger partial charge on any atom is -0.496 e. The van der Waals surface area contributed by atoms with Crippen LogP contribution in [0.15, 0.2) is 42.5 Å². The van der Waals surface area contributed by atoms with Crippen LogP contribution in [-0.2, 0) is 21.4 Å². The molecule has 0 aliphatic rings. The van der Waals surface area contributed by atoms with Gasteiger partial charge < -0.3 is 10.1 Å². The zero-order chi connectivity index (χ0) is 19.3. The average molecular weight is 397 g/mol. The lowest BCUT2D eigenvalue weighted by Crippen LogP contribution is -2.37. The third kappa shape index (κ3) is 5.45. The summed E-state index contributed by atoms with van der Waals surface area (Å²) in [5.41, 5.74) is 2.07. The molecule has 0 heterocycles. The highest BCUT2D eigenvalue weighted by molar-refractivity contribution is 7.88. The van der Waals surface area contributed by atoms with Crippen molar-refractivity contribution in [2.75, 3.05) is 25.2 Å². The summed E-state index contributed by atoms with van der Waals surface area (Å²) in [7, 11) is -2.09. The van der Waals surface area contributed by atoms with Crippen LogP contribution in [0.5, 0.6) is 5.75 Å². The minimum absolute atomic E-state index is 0.0327. The first-order valence-electron chi connectivity index (χ1n) is 7.83. The molecule has 0 spiro atoms. The molecule has 6 nitrogen and oxygen atoms in total. The molecule has 0 fully saturated rings. The Kier molecular flexibility index (Phi) is 6.63. The van der Waals surface area contributed by atoms with Gasteiger partial charge in [0.25, 0.3) is 0 Å². The van der Waals surface area contributed by atoms with Crippen LogP contribution in [0.4, 0.5) is 5.69 Å². The van der Waals surface area contributed by atoms with Crippen molar-refractivity contribution in [3.63, 3.8) is 0 Å². The highest BCUT2D eigenvalue weighted by atomic mass is 35.5. The fourth-order valence-electron chi connectivity index (χ4n) is 2.35. The lowest BCUT2D eigenvalue weighted by atomic mass is 10.2. The van der Waals surface area contributed by atoms with Crippen LogP contribution < -0.4 is 10.1 Å². The van der Waals surface area contributed by atoms with Crippen LogP contribution in [-0.4, -0.2) is 38.5 Å². The second-order valence-corrected chi connectivity index (χ2v) is 8.24. The van der Waals surface area contributed by atoms with Crippen molar-refractivity contribution in [2.24, 2.45) is 0 Å². The molecule has 8 heteroatoms. The predicted molar refractivity (Wildman–Crippen MR) is 103 cm³/mol. The molecule has 0 radical (unpaired) electrons. The third-order valence-electron chi connectivity index (χ3n) is 3.78. The number of halogens is 1. The Bertz CT molecular complexity index is 900. The monoisotopic (exact) mass is 396 g/mol. The third-order valence-corrected chi connectivity index (χ3v) is 5.39. The summed E-state index contributed by atoms with van der Waals surface area (Å²) in [6, 6.07) is 12.2. The molecule has 140 valence electrons. The Balaban J connectivity index is 2.15. The van der Waals surface area contributed by atoms with Crippen molar-refractivity contribution in [1.82, 2.24) is 4.31 Å². The molecular formula is C18H21ClN2O4S. The number of carbonyl (C=O) groups excluding carboxylic acids is 1. The number of anilines is 1. The zero-order valence-electron chi connectivity index (χ0n) is 14.8. The van der Waals surface area contributed by atoms with Gasteiger partial charge in [-0.2, -0.15) is 4.31 Å². The Labute approximate surface area is 158 Å². The molecule has 1 amide bonds. The maximum absolute atomic E-state index is 12.3. The predicted octanol–water partition coefficient (Wildman–Crippen LogP) is 3.06. The molecule has 0 unspecified atom stereocenters. The van der Waals surface area contributed by atoms with E-state index >= 15 is 0 Å². The number of nitrogens with one attached hydrogen (secondary N) is 1. The Morgan fingerprint density at radius 2 is 1.92 bits per heavy atom. The first kappa shape index (κ1) is 20.2. The van der Waals surface area contributed by atoms with Gasteiger partial charge in [-0.25, -0.2) is 8.42 Å². The van der Waals surface area contributed by atoms with Gasteiger partial charge in [-0.3, -0.25) is 4.79 Å². The smallest absolute Gasteiger partial charge is 0.239 e. The number of benzene rings is 2. The zero-order valence-corrected chi connectivity index (χ0v) is 16.4. The summed E-state index contributed by atoms with van der Waals surface area (Å²) in [5.74, 6) is 0.108. The van der Waals surface area contributed by atoms with E-state index < -0.39 is 15.9 Å². The van der Waals surface area contributed by atoms with E-state index in [0.717, 1.165) is 16.1 Å². The molecule has 2 rings (SSSR count). The van der Waals surface area contributed by atoms with Crippen LogP contribution in [0.25, 0.3) is 0 Å². The molecule has 2 aromatic carbocycles. The van der Waals surface area contributed by atoms with E-state index in [0.29, 0.717) is 22.0 Å². The van der Waals surface area contributed by atoms with Crippen molar-refractivity contribution < 1.29 is 17.9 Å². The van der Waals surface area contributed by atoms with Crippen molar-refractivity contribution >= 4 is 33.2 Å². The van der Waals surface area contributed by atoms with Crippen LogP contribution in [0, 0.1) is 6.92 Å². The van der Waals surface area contributed by atoms with Crippen LogP contribution in [0.1, 0.15) is 11.1 Å². The Morgan fingerprint density at radius 1 is 1.23 bits per heavy atom. The summed E-state index contributed by atoms with van der Waals surface area (Å²) in [5, 5.41) is 3.19. The minimum atomic E-state index is -3.60. The van der Waals surface area contributed by atoms with Crippen LogP contribution >= 0.6 is 11.6 Å². The average Bonchev–Trinajstić information content (AvgIpc) is 2.57. The molecule has 0 aromatic heterocycles. The van der Waals surface area contributed by atoms with Crippen molar-refractivity contribution in [1.29, 1.82) is 0 Å². The summed E-state index contributed by atoms with van der Waals surface area (Å²) >= 11 is 6.04. The molecule has 26 heavy (non-hydrogen) atoms. The van der Waals surface area contributed by atoms with Gasteiger partial charge in [0.05, 0.1) is 19.9 Å². The van der Waals surface area contributed by atoms with Gasteiger partial charge in [-0.05, 0) is 30.7 Å². The van der Waals surface area contributed by atoms with Gasteiger partial charge in [0, 0.05) is 22.8 Å². The van der Waals surface area contributed by atoms with E-state index in [-0.39, 0.29) is 13.1 Å². The Hall–Kier alpha value is -2.09. The fourth-order valence-corrected chi connectivity index (χ4v) is 3.25. The normalized spacial score (nSPS) is 11.4. The van der Waals surface area contributed by atoms with Gasteiger partial charge in [-0.1, -0.05) is 35.9 Å². The number of carbonyl (C=O) groups is 1. The number of rotatable bonds is 7. The SMILES string of the molecule is COc1ccccc1CN(CC(=O)Nc1ccc(C)c(Cl)c1)S(C)(=O)=O. The fraction of sp³-hybridized carbons (Fsp3) is 0.278. The van der Waals surface area contributed by atoms with E-state index in [1.165, 1.54) is 7.11 Å². The number of ether oxygens (including phenoxy) is 1. The second kappa shape index (κ2) is 8.53. The summed E-state index contributed by atoms with van der Waals surface area (Å²) in [4.78, 5) is 12.3. The number of para-hydroxylation sites is 1. The number of aryl methyl sites for hydroxylation is 1. The van der Waals surface area contributed by atoms with Gasteiger partial charge in [-0.15, -0.1) is 0 Å². The maximum Gasteiger partial charge on any atom is 0.239 e. The number of hydrogen-bond acceptors (Lipinski definition) is 4. The number of amides is 1. The first-order valence-corrected chi connectivity index (χ1v) is 10.1. The molecule has 2 aromatic rings. The van der Waals surface area contributed by atoms with Crippen molar-refractivity contribution in [3.8, 4) is 5.75 Å². The molecule has 0 atom stereocenters. The van der Waals surface area contributed by atoms with Gasteiger partial charge >= 0.3 is 0 Å². The molecular weight excluding hydrogens is 376 g/mol. The van der Waals surface area contributed by atoms with E-state index in [1.54, 1.807) is 42.5 Å². The Morgan fingerprint density at radius 3 is 2.54 bits per heavy atom. The topological polar surface area (TPSA) is 75.7 Å². The lowest BCUT2D eigenvalue weighted by Gasteiger charge is -2.21. The molecule has 0 saturated carbocycles. The number of hydrogen-bond donors (Lipinski definition) is 1. The van der Waals surface area contributed by atoms with Crippen LogP contribution in [0.3, 0.4) is 0 Å². The molecule has 0 saturated heterocycles. The highest BCUT2D eigenvalue weighted by Crippen LogP contribution is 2.22. The van der Waals surface area contributed by atoms with E-state index in [1.807, 2.05) is 6.92 Å². The van der Waals surface area contributed by atoms with E-state index in [4.69, 9.17) is 16.3 Å². The van der Waals surface area contributed by atoms with Gasteiger partial charge in [0.1, 0.15) is 5.75 Å². The highest BCUT2D eigenvalue weighted by Gasteiger charge is 2.22. The first-order chi connectivity index (χ1) is 12.2. The van der Waals surface area contributed by atoms with Gasteiger partial charge in [0.2, 0.25) is 15.9 Å². The van der Waals surface area contributed by atoms with E-state index in [9.17, 15) is 13.2 Å². The quantitative estimate of drug-likeness (QED) is 0.780. The van der Waals surface area contributed by atoms with Crippen molar-refractivity contribution in [3.05, 3.63) is 58.6 Å². The molecule has 0 bridgehead atoms. The maximum atomic E-state index is 12.3. The second-order valence-electron chi connectivity index (χ2n) is 5.86. The number of methoxy groups -OCH3 is 1. The summed E-state index contributed by atoms with van der Waals surface area (Å²) in [6.45, 7) is 1.57. The molecule has 1 N–H and O–H groups in total. The van der Waals surface area contributed by atoms with E-state index in [2.05, 4.69) is 5.32 Å². The number of sulfonamides is 1. The summed E-state index contributed by atoms with van der Waals surface area (Å²) < 4.78 is 30.6. The lowest BCUT2D eigenvalue weighted by molar-refractivity contribution is -0.116. The standard InChI is InChI=1S/C18H21ClN2O4S/c1-13-8-9-15(10-16(13)19)20-18(22)12-21(26(3,23)24)11-14-6-4-5-7-17(14)25-2/h4-10H,11-12H2,1-3H3,(H,20,22). The summed E-state index contributed by atoms with van der Waals surface area (Å²) in [6.07, 6.45) is 1.07. The number of nitrogens with zero attached hydrogens (tertiary/aromatic N) is 1. The van der Waals surface area contributed by atoms with Gasteiger partial charge in [0.15, 0.2) is 0 Å². The molecule has 0 aliphatic heterocycles. The molecule has 0 aliphatic carbocycles. The van der Waals surface area contributed by atoms with Crippen molar-refractivity contribution in [2.45, 2.75) is 13.5 Å². The van der Waals surface area contributed by atoms with Crippen LogP contribution in [0.2, 0.25) is 5.02 Å². The largest absolute Gasteiger partial charge is 0.496 e.